The van der Waals surface area contributed by atoms with Gasteiger partial charge in [0.2, 0.25) is 0 Å². The number of benzene rings is 2. The molecule has 0 spiro atoms. The fourth-order valence-electron chi connectivity index (χ4n) is 2.04. The number of fused-ring (bicyclic) bond motifs is 1. The number of halogens is 1. The van der Waals surface area contributed by atoms with Crippen LogP contribution in [0.2, 0.25) is 0 Å². The zero-order chi connectivity index (χ0) is 13.9. The molecule has 0 fully saturated rings. The van der Waals surface area contributed by atoms with Crippen LogP contribution in [0.4, 0.5) is 0 Å². The molecule has 0 bridgehead atoms. The Morgan fingerprint density at radius 1 is 1.10 bits per heavy atom. The van der Waals surface area contributed by atoms with Gasteiger partial charge in [-0.1, -0.05) is 34.1 Å². The van der Waals surface area contributed by atoms with Crippen LogP contribution in [0, 0.1) is 0 Å². The van der Waals surface area contributed by atoms with Crippen LogP contribution in [0.3, 0.4) is 0 Å². The Labute approximate surface area is 125 Å². The molecule has 1 heterocycles. The summed E-state index contributed by atoms with van der Waals surface area (Å²) in [7, 11) is 0. The number of hydrogen-bond acceptors (Lipinski definition) is 3. The first-order valence-electron chi connectivity index (χ1n) is 6.27. The average molecular weight is 329 g/mol. The van der Waals surface area contributed by atoms with Gasteiger partial charge in [0.25, 0.3) is 0 Å². The van der Waals surface area contributed by atoms with Gasteiger partial charge in [-0.15, -0.1) is 0 Å². The second-order valence-electron chi connectivity index (χ2n) is 4.42. The molecule has 4 heteroatoms. The molecule has 0 aliphatic heterocycles. The zero-order valence-corrected chi connectivity index (χ0v) is 12.3. The predicted octanol–water partition coefficient (Wildman–Crippen LogP) is 4.25. The molecule has 0 amide bonds. The maximum absolute atomic E-state index is 5.90. The van der Waals surface area contributed by atoms with E-state index in [9.17, 15) is 0 Å². The van der Waals surface area contributed by atoms with E-state index >= 15 is 0 Å². The SMILES string of the molecule is NCc1cc(Br)ccc1Oc1cnc2ccccc2c1. The van der Waals surface area contributed by atoms with Crippen LogP contribution >= 0.6 is 15.9 Å². The van der Waals surface area contributed by atoms with Gasteiger partial charge in [-0.25, -0.2) is 0 Å². The molecule has 2 aromatic carbocycles. The molecule has 20 heavy (non-hydrogen) atoms. The Hall–Kier alpha value is -1.91. The summed E-state index contributed by atoms with van der Waals surface area (Å²) in [5, 5.41) is 1.05. The van der Waals surface area contributed by atoms with Gasteiger partial charge in [0.1, 0.15) is 11.5 Å². The average Bonchev–Trinajstić information content (AvgIpc) is 2.49. The lowest BCUT2D eigenvalue weighted by molar-refractivity contribution is 0.475. The summed E-state index contributed by atoms with van der Waals surface area (Å²) in [6.45, 7) is 0.426. The van der Waals surface area contributed by atoms with Gasteiger partial charge in [-0.05, 0) is 30.3 Å². The molecule has 3 rings (SSSR count). The highest BCUT2D eigenvalue weighted by Crippen LogP contribution is 2.28. The number of nitrogens with zero attached hydrogens (tertiary/aromatic N) is 1. The van der Waals surface area contributed by atoms with E-state index in [-0.39, 0.29) is 0 Å². The first-order valence-corrected chi connectivity index (χ1v) is 7.07. The summed E-state index contributed by atoms with van der Waals surface area (Å²) in [6, 6.07) is 15.7. The minimum atomic E-state index is 0.426. The zero-order valence-electron chi connectivity index (χ0n) is 10.7. The number of hydrogen-bond donors (Lipinski definition) is 1. The van der Waals surface area contributed by atoms with Crippen LogP contribution in [0.15, 0.2) is 59.2 Å². The van der Waals surface area contributed by atoms with Crippen molar-refractivity contribution in [3.8, 4) is 11.5 Å². The monoisotopic (exact) mass is 328 g/mol. The molecule has 3 aromatic rings. The third kappa shape index (κ3) is 2.66. The third-order valence-corrected chi connectivity index (χ3v) is 3.53. The lowest BCUT2D eigenvalue weighted by atomic mass is 10.2. The minimum Gasteiger partial charge on any atom is -0.455 e. The van der Waals surface area contributed by atoms with Crippen LogP contribution in [0.5, 0.6) is 11.5 Å². The number of aromatic nitrogens is 1. The topological polar surface area (TPSA) is 48.1 Å². The van der Waals surface area contributed by atoms with Gasteiger partial charge in [-0.2, -0.15) is 0 Å². The standard InChI is InChI=1S/C16H13BrN2O/c17-13-5-6-16(12(7-13)9-18)20-14-8-11-3-1-2-4-15(11)19-10-14/h1-8,10H,9,18H2. The van der Waals surface area contributed by atoms with E-state index in [0.29, 0.717) is 12.3 Å². The second-order valence-corrected chi connectivity index (χ2v) is 5.34. The first kappa shape index (κ1) is 13.1. The molecule has 0 saturated heterocycles. The summed E-state index contributed by atoms with van der Waals surface area (Å²) >= 11 is 3.43. The van der Waals surface area contributed by atoms with Crippen molar-refractivity contribution in [1.29, 1.82) is 0 Å². The van der Waals surface area contributed by atoms with E-state index in [4.69, 9.17) is 10.5 Å². The van der Waals surface area contributed by atoms with Gasteiger partial charge in [-0.3, -0.25) is 4.98 Å². The highest BCUT2D eigenvalue weighted by atomic mass is 79.9. The predicted molar refractivity (Wildman–Crippen MR) is 83.9 cm³/mol. The second kappa shape index (κ2) is 5.61. The van der Waals surface area contributed by atoms with E-state index < -0.39 is 0 Å². The Bertz CT molecular complexity index is 758. The number of nitrogens with two attached hydrogens (primary N) is 1. The molecule has 100 valence electrons. The Kier molecular flexibility index (Phi) is 3.67. The highest BCUT2D eigenvalue weighted by Gasteiger charge is 2.05. The third-order valence-electron chi connectivity index (χ3n) is 3.04. The van der Waals surface area contributed by atoms with E-state index in [2.05, 4.69) is 20.9 Å². The molecule has 0 aliphatic carbocycles. The van der Waals surface area contributed by atoms with Crippen molar-refractivity contribution < 1.29 is 4.74 Å². The highest BCUT2D eigenvalue weighted by molar-refractivity contribution is 9.10. The van der Waals surface area contributed by atoms with Gasteiger partial charge >= 0.3 is 0 Å². The lowest BCUT2D eigenvalue weighted by Crippen LogP contribution is -1.99. The number of pyridine rings is 1. The van der Waals surface area contributed by atoms with Crippen LogP contribution in [0.25, 0.3) is 10.9 Å². The van der Waals surface area contributed by atoms with Gasteiger partial charge in [0.15, 0.2) is 0 Å². The van der Waals surface area contributed by atoms with Crippen molar-refractivity contribution in [3.63, 3.8) is 0 Å². The van der Waals surface area contributed by atoms with Crippen LogP contribution < -0.4 is 10.5 Å². The molecule has 2 N–H and O–H groups in total. The smallest absolute Gasteiger partial charge is 0.146 e. The Morgan fingerprint density at radius 3 is 2.80 bits per heavy atom. The maximum Gasteiger partial charge on any atom is 0.146 e. The summed E-state index contributed by atoms with van der Waals surface area (Å²) in [4.78, 5) is 4.38. The van der Waals surface area contributed by atoms with Crippen LogP contribution in [-0.2, 0) is 6.54 Å². The van der Waals surface area contributed by atoms with Crippen LogP contribution in [0.1, 0.15) is 5.56 Å². The van der Waals surface area contributed by atoms with E-state index in [0.717, 1.165) is 26.7 Å². The van der Waals surface area contributed by atoms with Crippen molar-refractivity contribution >= 4 is 26.8 Å². The molecule has 0 aliphatic rings. The quantitative estimate of drug-likeness (QED) is 0.781. The molecule has 3 nitrogen and oxygen atoms in total. The summed E-state index contributed by atoms with van der Waals surface area (Å²) in [5.74, 6) is 1.47. The fourth-order valence-corrected chi connectivity index (χ4v) is 2.45. The number of rotatable bonds is 3. The normalized spacial score (nSPS) is 10.7. The van der Waals surface area contributed by atoms with E-state index in [1.54, 1.807) is 6.20 Å². The molecular formula is C16H13BrN2O. The van der Waals surface area contributed by atoms with Crippen molar-refractivity contribution in [1.82, 2.24) is 4.98 Å². The molecule has 0 unspecified atom stereocenters. The molecule has 0 saturated carbocycles. The molecular weight excluding hydrogens is 316 g/mol. The minimum absolute atomic E-state index is 0.426. The number of para-hydroxylation sites is 1. The van der Waals surface area contributed by atoms with Crippen molar-refractivity contribution in [3.05, 3.63) is 64.8 Å². The summed E-state index contributed by atoms with van der Waals surface area (Å²) in [5.41, 5.74) is 7.65. The van der Waals surface area contributed by atoms with Crippen molar-refractivity contribution in [2.75, 3.05) is 0 Å². The van der Waals surface area contributed by atoms with Crippen molar-refractivity contribution in [2.45, 2.75) is 6.54 Å². The van der Waals surface area contributed by atoms with E-state index in [1.165, 1.54) is 0 Å². The Balaban J connectivity index is 1.96. The van der Waals surface area contributed by atoms with Gasteiger partial charge < -0.3 is 10.5 Å². The van der Waals surface area contributed by atoms with Crippen LogP contribution in [-0.4, -0.2) is 4.98 Å². The lowest BCUT2D eigenvalue weighted by Gasteiger charge is -2.10. The molecule has 0 radical (unpaired) electrons. The Morgan fingerprint density at radius 2 is 1.95 bits per heavy atom. The summed E-state index contributed by atoms with van der Waals surface area (Å²) in [6.07, 6.45) is 1.73. The number of ether oxygens (including phenoxy) is 1. The molecule has 0 atom stereocenters. The van der Waals surface area contributed by atoms with Crippen molar-refractivity contribution in [2.24, 2.45) is 5.73 Å². The largest absolute Gasteiger partial charge is 0.455 e. The maximum atomic E-state index is 5.90. The van der Waals surface area contributed by atoms with E-state index in [1.807, 2.05) is 48.5 Å². The van der Waals surface area contributed by atoms with Gasteiger partial charge in [0.05, 0.1) is 11.7 Å². The molecule has 1 aromatic heterocycles. The first-order chi connectivity index (χ1) is 9.76. The van der Waals surface area contributed by atoms with Gasteiger partial charge in [0, 0.05) is 22.0 Å². The fraction of sp³-hybridized carbons (Fsp3) is 0.0625. The summed E-state index contributed by atoms with van der Waals surface area (Å²) < 4.78 is 6.89.